The van der Waals surface area contributed by atoms with Crippen LogP contribution in [0.2, 0.25) is 0 Å². The number of rotatable bonds is 11. The van der Waals surface area contributed by atoms with Gasteiger partial charge in [0.15, 0.2) is 5.96 Å². The molecule has 0 saturated carbocycles. The van der Waals surface area contributed by atoms with Crippen LogP contribution in [0.15, 0.2) is 59.6 Å². The predicted molar refractivity (Wildman–Crippen MR) is 125 cm³/mol. The Bertz CT molecular complexity index is 774. The van der Waals surface area contributed by atoms with Crippen LogP contribution in [0.1, 0.15) is 24.8 Å². The zero-order chi connectivity index (χ0) is 21.7. The summed E-state index contributed by atoms with van der Waals surface area (Å²) in [7, 11) is 3.92. The maximum atomic E-state index is 5.86. The molecule has 6 nitrogen and oxygen atoms in total. The van der Waals surface area contributed by atoms with Gasteiger partial charge in [-0.2, -0.15) is 0 Å². The van der Waals surface area contributed by atoms with Crippen molar-refractivity contribution < 1.29 is 14.2 Å². The number of aliphatic imine (C=N–C) groups is 1. The Balaban J connectivity index is 1.27. The van der Waals surface area contributed by atoms with E-state index in [4.69, 9.17) is 14.2 Å². The summed E-state index contributed by atoms with van der Waals surface area (Å²) in [5.74, 6) is 3.26. The van der Waals surface area contributed by atoms with Crippen molar-refractivity contribution in [3.63, 3.8) is 0 Å². The molecule has 1 saturated heterocycles. The average Bonchev–Trinajstić information content (AvgIpc) is 3.31. The highest BCUT2D eigenvalue weighted by molar-refractivity contribution is 5.79. The highest BCUT2D eigenvalue weighted by Crippen LogP contribution is 2.19. The summed E-state index contributed by atoms with van der Waals surface area (Å²) in [6.45, 7) is 4.87. The second kappa shape index (κ2) is 12.8. The van der Waals surface area contributed by atoms with E-state index in [1.807, 2.05) is 49.5 Å². The van der Waals surface area contributed by atoms with E-state index < -0.39 is 0 Å². The minimum Gasteiger partial charge on any atom is -0.494 e. The monoisotopic (exact) mass is 425 g/mol. The first kappa shape index (κ1) is 22.9. The third kappa shape index (κ3) is 8.13. The molecule has 0 spiro atoms. The maximum Gasteiger partial charge on any atom is 0.193 e. The zero-order valence-corrected chi connectivity index (χ0v) is 18.8. The molecule has 0 radical (unpaired) electrons. The van der Waals surface area contributed by atoms with Gasteiger partial charge in [-0.1, -0.05) is 30.3 Å². The molecule has 0 bridgehead atoms. The minimum absolute atomic E-state index is 0.570. The van der Waals surface area contributed by atoms with Gasteiger partial charge in [-0.05, 0) is 49.1 Å². The Morgan fingerprint density at radius 2 is 1.81 bits per heavy atom. The lowest BCUT2D eigenvalue weighted by atomic mass is 10.1. The molecule has 0 aromatic heterocycles. The molecule has 3 rings (SSSR count). The van der Waals surface area contributed by atoms with Crippen molar-refractivity contribution in [2.45, 2.75) is 25.9 Å². The van der Waals surface area contributed by atoms with Crippen molar-refractivity contribution in [2.24, 2.45) is 10.9 Å². The fraction of sp³-hybridized carbons (Fsp3) is 0.480. The molecule has 168 valence electrons. The van der Waals surface area contributed by atoms with Crippen LogP contribution in [0.5, 0.6) is 11.5 Å². The topological polar surface area (TPSA) is 55.3 Å². The molecule has 2 aromatic carbocycles. The van der Waals surface area contributed by atoms with Crippen LogP contribution in [0.25, 0.3) is 0 Å². The number of nitrogens with zero attached hydrogens (tertiary/aromatic N) is 2. The quantitative estimate of drug-likeness (QED) is 0.335. The molecule has 2 aromatic rings. The van der Waals surface area contributed by atoms with Gasteiger partial charge in [0.05, 0.1) is 13.2 Å². The first-order valence-electron chi connectivity index (χ1n) is 11.1. The molecule has 1 aliphatic rings. The van der Waals surface area contributed by atoms with Crippen molar-refractivity contribution in [1.82, 2.24) is 10.2 Å². The van der Waals surface area contributed by atoms with E-state index >= 15 is 0 Å². The fourth-order valence-electron chi connectivity index (χ4n) is 3.58. The van der Waals surface area contributed by atoms with E-state index in [-0.39, 0.29) is 0 Å². The lowest BCUT2D eigenvalue weighted by molar-refractivity contribution is 0.181. The van der Waals surface area contributed by atoms with Gasteiger partial charge in [0.2, 0.25) is 0 Å². The maximum absolute atomic E-state index is 5.86. The van der Waals surface area contributed by atoms with Gasteiger partial charge in [-0.15, -0.1) is 0 Å². The summed E-state index contributed by atoms with van der Waals surface area (Å²) >= 11 is 0. The second-order valence-electron chi connectivity index (χ2n) is 7.89. The van der Waals surface area contributed by atoms with E-state index in [0.717, 1.165) is 68.6 Å². The number of unbranched alkanes of at least 4 members (excludes halogenated alkanes) is 1. The molecule has 0 amide bonds. The minimum atomic E-state index is 0.570. The van der Waals surface area contributed by atoms with Gasteiger partial charge in [0.25, 0.3) is 0 Å². The Morgan fingerprint density at radius 3 is 2.48 bits per heavy atom. The van der Waals surface area contributed by atoms with Gasteiger partial charge >= 0.3 is 0 Å². The first-order valence-corrected chi connectivity index (χ1v) is 11.1. The molecule has 1 N–H and O–H groups in total. The highest BCUT2D eigenvalue weighted by Gasteiger charge is 2.18. The smallest absolute Gasteiger partial charge is 0.193 e. The molecular weight excluding hydrogens is 390 g/mol. The van der Waals surface area contributed by atoms with Crippen LogP contribution in [0.4, 0.5) is 0 Å². The lowest BCUT2D eigenvalue weighted by Crippen LogP contribution is -2.41. The van der Waals surface area contributed by atoms with Crippen molar-refractivity contribution in [3.8, 4) is 11.5 Å². The Morgan fingerprint density at radius 1 is 1.06 bits per heavy atom. The van der Waals surface area contributed by atoms with E-state index in [2.05, 4.69) is 34.4 Å². The van der Waals surface area contributed by atoms with Crippen molar-refractivity contribution in [3.05, 3.63) is 60.2 Å². The highest BCUT2D eigenvalue weighted by atomic mass is 16.5. The fourth-order valence-corrected chi connectivity index (χ4v) is 3.58. The lowest BCUT2D eigenvalue weighted by Gasteiger charge is -2.24. The van der Waals surface area contributed by atoms with Crippen LogP contribution >= 0.6 is 0 Å². The van der Waals surface area contributed by atoms with E-state index in [0.29, 0.717) is 19.1 Å². The number of hydrogen-bond donors (Lipinski definition) is 1. The van der Waals surface area contributed by atoms with E-state index in [9.17, 15) is 0 Å². The molecule has 1 unspecified atom stereocenters. The zero-order valence-electron chi connectivity index (χ0n) is 18.8. The van der Waals surface area contributed by atoms with Crippen molar-refractivity contribution in [1.29, 1.82) is 0 Å². The van der Waals surface area contributed by atoms with Gasteiger partial charge < -0.3 is 24.4 Å². The van der Waals surface area contributed by atoms with Gasteiger partial charge in [-0.25, -0.2) is 0 Å². The summed E-state index contributed by atoms with van der Waals surface area (Å²) in [5, 5.41) is 3.44. The Labute approximate surface area is 186 Å². The summed E-state index contributed by atoms with van der Waals surface area (Å²) in [6, 6.07) is 18.0. The first-order chi connectivity index (χ1) is 15.2. The SMILES string of the molecule is CN=C(NCCCCOc1ccc(OCc2ccccc2)cc1)N(C)CC1CCOC1. The van der Waals surface area contributed by atoms with Gasteiger partial charge in [-0.3, -0.25) is 4.99 Å². The Kier molecular flexibility index (Phi) is 9.51. The van der Waals surface area contributed by atoms with Gasteiger partial charge in [0.1, 0.15) is 18.1 Å². The number of benzene rings is 2. The summed E-state index contributed by atoms with van der Waals surface area (Å²) in [6.07, 6.45) is 3.15. The molecule has 31 heavy (non-hydrogen) atoms. The van der Waals surface area contributed by atoms with Gasteiger partial charge in [0, 0.05) is 39.7 Å². The number of hydrogen-bond acceptors (Lipinski definition) is 4. The average molecular weight is 426 g/mol. The summed E-state index contributed by atoms with van der Waals surface area (Å²) in [4.78, 5) is 6.58. The summed E-state index contributed by atoms with van der Waals surface area (Å²) in [5.41, 5.74) is 1.16. The number of ether oxygens (including phenoxy) is 3. The van der Waals surface area contributed by atoms with E-state index in [1.165, 1.54) is 0 Å². The molecule has 1 fully saturated rings. The van der Waals surface area contributed by atoms with Crippen LogP contribution < -0.4 is 14.8 Å². The molecule has 1 atom stereocenters. The normalized spacial score (nSPS) is 16.2. The van der Waals surface area contributed by atoms with Crippen LogP contribution in [0.3, 0.4) is 0 Å². The molecule has 0 aliphatic carbocycles. The Hall–Kier alpha value is -2.73. The number of nitrogens with one attached hydrogen (secondary N) is 1. The van der Waals surface area contributed by atoms with Crippen LogP contribution in [-0.2, 0) is 11.3 Å². The third-order valence-electron chi connectivity index (χ3n) is 5.32. The summed E-state index contributed by atoms with van der Waals surface area (Å²) < 4.78 is 17.1. The molecular formula is C25H35N3O3. The van der Waals surface area contributed by atoms with Crippen molar-refractivity contribution in [2.75, 3.05) is 47.0 Å². The van der Waals surface area contributed by atoms with E-state index in [1.54, 1.807) is 0 Å². The molecule has 6 heteroatoms. The number of guanidine groups is 1. The largest absolute Gasteiger partial charge is 0.494 e. The standard InChI is InChI=1S/C25H35N3O3/c1-26-25(28(2)18-22-14-17-29-19-22)27-15-6-7-16-30-23-10-12-24(13-11-23)31-20-21-8-4-3-5-9-21/h3-5,8-13,22H,6-7,14-20H2,1-2H3,(H,26,27). The predicted octanol–water partition coefficient (Wildman–Crippen LogP) is 3.97. The van der Waals surface area contributed by atoms with Crippen molar-refractivity contribution >= 4 is 5.96 Å². The van der Waals surface area contributed by atoms with Crippen LogP contribution in [-0.4, -0.2) is 57.9 Å². The molecule has 1 heterocycles. The third-order valence-corrected chi connectivity index (χ3v) is 5.32. The molecule has 1 aliphatic heterocycles. The van der Waals surface area contributed by atoms with Crippen LogP contribution in [0, 0.1) is 5.92 Å². The second-order valence-corrected chi connectivity index (χ2v) is 7.89.